The number of rotatable bonds is 3. The van der Waals surface area contributed by atoms with Crippen molar-refractivity contribution < 1.29 is 14.6 Å². The molecule has 1 aromatic heterocycles. The molecule has 5 heteroatoms. The molecule has 0 spiro atoms. The smallest absolute Gasteiger partial charge is 0.412 e. The van der Waals surface area contributed by atoms with E-state index in [9.17, 15) is 9.90 Å². The second-order valence-corrected chi connectivity index (χ2v) is 4.72. The zero-order valence-corrected chi connectivity index (χ0v) is 11.7. The second kappa shape index (κ2) is 6.13. The van der Waals surface area contributed by atoms with E-state index in [2.05, 4.69) is 10.3 Å². The lowest BCUT2D eigenvalue weighted by Gasteiger charge is -2.09. The molecule has 0 saturated carbocycles. The number of aromatic nitrogens is 1. The van der Waals surface area contributed by atoms with Crippen molar-refractivity contribution in [3.05, 3.63) is 66.4 Å². The summed E-state index contributed by atoms with van der Waals surface area (Å²) in [6.07, 6.45) is 1.03. The molecular weight excluding hydrogens is 280 g/mol. The summed E-state index contributed by atoms with van der Waals surface area (Å²) in [5.41, 5.74) is 1.91. The monoisotopic (exact) mass is 294 g/mol. The van der Waals surface area contributed by atoms with E-state index in [1.165, 1.54) is 6.07 Å². The molecule has 0 aliphatic carbocycles. The molecule has 1 amide bonds. The molecule has 0 aliphatic heterocycles. The van der Waals surface area contributed by atoms with Gasteiger partial charge in [0.25, 0.3) is 0 Å². The van der Waals surface area contributed by atoms with Gasteiger partial charge in [0.05, 0.1) is 11.2 Å². The molecule has 0 aliphatic rings. The summed E-state index contributed by atoms with van der Waals surface area (Å²) in [7, 11) is 0. The number of fused-ring (bicyclic) bond motifs is 1. The summed E-state index contributed by atoms with van der Waals surface area (Å²) in [6, 6.07) is 16.0. The van der Waals surface area contributed by atoms with Crippen molar-refractivity contribution in [1.82, 2.24) is 4.98 Å². The van der Waals surface area contributed by atoms with Crippen LogP contribution < -0.4 is 5.32 Å². The van der Waals surface area contributed by atoms with E-state index in [1.54, 1.807) is 24.4 Å². The zero-order chi connectivity index (χ0) is 15.4. The lowest BCUT2D eigenvalue weighted by molar-refractivity contribution is 0.155. The third kappa shape index (κ3) is 2.98. The third-order valence-corrected chi connectivity index (χ3v) is 3.20. The lowest BCUT2D eigenvalue weighted by atomic mass is 10.1. The fourth-order valence-corrected chi connectivity index (χ4v) is 2.13. The first kappa shape index (κ1) is 13.9. The van der Waals surface area contributed by atoms with E-state index < -0.39 is 6.09 Å². The first-order valence-corrected chi connectivity index (χ1v) is 6.78. The van der Waals surface area contributed by atoms with E-state index in [-0.39, 0.29) is 12.4 Å². The number of pyridine rings is 1. The van der Waals surface area contributed by atoms with Crippen molar-refractivity contribution in [2.24, 2.45) is 0 Å². The maximum atomic E-state index is 11.9. The van der Waals surface area contributed by atoms with E-state index in [0.717, 1.165) is 5.56 Å². The minimum atomic E-state index is -0.568. The van der Waals surface area contributed by atoms with Crippen LogP contribution in [-0.2, 0) is 11.3 Å². The van der Waals surface area contributed by atoms with E-state index in [4.69, 9.17) is 4.74 Å². The molecule has 0 atom stereocenters. The van der Waals surface area contributed by atoms with Crippen LogP contribution in [0.15, 0.2) is 60.8 Å². The molecule has 0 radical (unpaired) electrons. The van der Waals surface area contributed by atoms with Gasteiger partial charge in [0.1, 0.15) is 12.4 Å². The zero-order valence-electron chi connectivity index (χ0n) is 11.7. The molecule has 1 heterocycles. The quantitative estimate of drug-likeness (QED) is 0.723. The van der Waals surface area contributed by atoms with Crippen molar-refractivity contribution in [3.63, 3.8) is 0 Å². The van der Waals surface area contributed by atoms with Gasteiger partial charge in [0, 0.05) is 11.6 Å². The molecule has 0 fully saturated rings. The van der Waals surface area contributed by atoms with Crippen LogP contribution in [0.1, 0.15) is 5.56 Å². The minimum Gasteiger partial charge on any atom is -0.507 e. The largest absolute Gasteiger partial charge is 0.507 e. The number of carbonyl (C=O) groups is 1. The predicted octanol–water partition coefficient (Wildman–Crippen LogP) is 3.69. The molecule has 2 aromatic carbocycles. The van der Waals surface area contributed by atoms with Gasteiger partial charge in [0.15, 0.2) is 0 Å². The molecule has 0 bridgehead atoms. The number of phenolic OH excluding ortho intramolecular Hbond substituents is 1. The summed E-state index contributed by atoms with van der Waals surface area (Å²) < 4.78 is 5.17. The Kier molecular flexibility index (Phi) is 3.87. The Hall–Kier alpha value is -3.08. The molecule has 22 heavy (non-hydrogen) atoms. The van der Waals surface area contributed by atoms with Crippen LogP contribution in [0.4, 0.5) is 10.5 Å². The van der Waals surface area contributed by atoms with Gasteiger partial charge >= 0.3 is 6.09 Å². The maximum Gasteiger partial charge on any atom is 0.412 e. The van der Waals surface area contributed by atoms with Crippen molar-refractivity contribution in [2.45, 2.75) is 6.61 Å². The van der Waals surface area contributed by atoms with Gasteiger partial charge in [-0.1, -0.05) is 30.3 Å². The number of ether oxygens (including phenoxy) is 1. The molecule has 3 rings (SSSR count). The van der Waals surface area contributed by atoms with Crippen molar-refractivity contribution in [3.8, 4) is 5.75 Å². The lowest BCUT2D eigenvalue weighted by Crippen LogP contribution is -2.14. The topological polar surface area (TPSA) is 71.5 Å². The number of nitrogens with one attached hydrogen (secondary N) is 1. The number of carbonyl (C=O) groups excluding carboxylic acids is 1. The van der Waals surface area contributed by atoms with Gasteiger partial charge in [-0.3, -0.25) is 10.3 Å². The highest BCUT2D eigenvalue weighted by Gasteiger charge is 2.10. The van der Waals surface area contributed by atoms with Crippen molar-refractivity contribution in [2.75, 3.05) is 5.32 Å². The van der Waals surface area contributed by atoms with E-state index >= 15 is 0 Å². The SMILES string of the molecule is O=C(Nc1ccc(O)c2cccnc12)OCc1ccccc1. The first-order valence-electron chi connectivity index (χ1n) is 6.78. The minimum absolute atomic E-state index is 0.117. The highest BCUT2D eigenvalue weighted by molar-refractivity contribution is 6.00. The number of amides is 1. The Morgan fingerprint density at radius 3 is 2.73 bits per heavy atom. The fraction of sp³-hybridized carbons (Fsp3) is 0.0588. The first-order chi connectivity index (χ1) is 10.7. The normalized spacial score (nSPS) is 10.4. The van der Waals surface area contributed by atoms with Gasteiger partial charge in [-0.15, -0.1) is 0 Å². The second-order valence-electron chi connectivity index (χ2n) is 4.72. The van der Waals surface area contributed by atoms with Gasteiger partial charge in [-0.25, -0.2) is 4.79 Å². The summed E-state index contributed by atoms with van der Waals surface area (Å²) in [5.74, 6) is 0.117. The maximum absolute atomic E-state index is 11.9. The molecule has 0 unspecified atom stereocenters. The number of hydrogen-bond donors (Lipinski definition) is 2. The van der Waals surface area contributed by atoms with Crippen LogP contribution in [-0.4, -0.2) is 16.2 Å². The Balaban J connectivity index is 1.73. The number of phenols is 1. The number of anilines is 1. The molecule has 110 valence electrons. The summed E-state index contributed by atoms with van der Waals surface area (Å²) in [4.78, 5) is 16.1. The Bertz CT molecular complexity index is 803. The van der Waals surface area contributed by atoms with Gasteiger partial charge in [-0.05, 0) is 29.8 Å². The number of nitrogens with zero attached hydrogens (tertiary/aromatic N) is 1. The van der Waals surface area contributed by atoms with Crippen LogP contribution >= 0.6 is 0 Å². The third-order valence-electron chi connectivity index (χ3n) is 3.20. The summed E-state index contributed by atoms with van der Waals surface area (Å²) in [5, 5.41) is 13.0. The van der Waals surface area contributed by atoms with Gasteiger partial charge in [-0.2, -0.15) is 0 Å². The van der Waals surface area contributed by atoms with Crippen molar-refractivity contribution >= 4 is 22.7 Å². The van der Waals surface area contributed by atoms with Crippen molar-refractivity contribution in [1.29, 1.82) is 0 Å². The summed E-state index contributed by atoms with van der Waals surface area (Å²) in [6.45, 7) is 0.191. The van der Waals surface area contributed by atoms with E-state index in [1.807, 2.05) is 30.3 Å². The van der Waals surface area contributed by atoms with Crippen LogP contribution in [0.3, 0.4) is 0 Å². The molecule has 5 nitrogen and oxygen atoms in total. The fourth-order valence-electron chi connectivity index (χ4n) is 2.13. The number of aromatic hydroxyl groups is 1. The van der Waals surface area contributed by atoms with Gasteiger partial charge in [0.2, 0.25) is 0 Å². The average Bonchev–Trinajstić information content (AvgIpc) is 2.57. The molecular formula is C17H14N2O3. The molecule has 0 saturated heterocycles. The van der Waals surface area contributed by atoms with Crippen LogP contribution in [0, 0.1) is 0 Å². The van der Waals surface area contributed by atoms with E-state index in [0.29, 0.717) is 16.6 Å². The number of hydrogen-bond acceptors (Lipinski definition) is 4. The predicted molar refractivity (Wildman–Crippen MR) is 83.7 cm³/mol. The molecule has 3 aromatic rings. The van der Waals surface area contributed by atoms with Gasteiger partial charge < -0.3 is 9.84 Å². The average molecular weight is 294 g/mol. The highest BCUT2D eigenvalue weighted by atomic mass is 16.5. The Labute approximate surface area is 127 Å². The Morgan fingerprint density at radius 2 is 1.91 bits per heavy atom. The summed E-state index contributed by atoms with van der Waals surface area (Å²) >= 11 is 0. The standard InChI is InChI=1S/C17H14N2O3/c20-15-9-8-14(16-13(15)7-4-10-18-16)19-17(21)22-11-12-5-2-1-3-6-12/h1-10,20H,11H2,(H,19,21). The van der Waals surface area contributed by atoms with Crippen LogP contribution in [0.25, 0.3) is 10.9 Å². The Morgan fingerprint density at radius 1 is 1.09 bits per heavy atom. The highest BCUT2D eigenvalue weighted by Crippen LogP contribution is 2.28. The number of benzene rings is 2. The van der Waals surface area contributed by atoms with Crippen LogP contribution in [0.2, 0.25) is 0 Å². The molecule has 2 N–H and O–H groups in total. The van der Waals surface area contributed by atoms with Crippen LogP contribution in [0.5, 0.6) is 5.75 Å².